The predicted molar refractivity (Wildman–Crippen MR) is 130 cm³/mol. The number of benzene rings is 2. The molecule has 3 amide bonds. The van der Waals surface area contributed by atoms with Gasteiger partial charge < -0.3 is 20.7 Å². The first-order chi connectivity index (χ1) is 16.4. The largest absolute Gasteiger partial charge is 0.457 e. The number of hydrogen-bond acceptors (Lipinski definition) is 5. The van der Waals surface area contributed by atoms with E-state index in [2.05, 4.69) is 20.9 Å². The lowest BCUT2D eigenvalue weighted by Gasteiger charge is -2.14. The molecule has 0 radical (unpaired) electrons. The van der Waals surface area contributed by atoms with E-state index in [0.29, 0.717) is 34.9 Å². The van der Waals surface area contributed by atoms with Crippen molar-refractivity contribution in [1.29, 1.82) is 0 Å². The fourth-order valence-corrected chi connectivity index (χ4v) is 3.10. The maximum absolute atomic E-state index is 12.4. The van der Waals surface area contributed by atoms with E-state index in [-0.39, 0.29) is 24.3 Å². The van der Waals surface area contributed by atoms with Crippen LogP contribution in [0.25, 0.3) is 0 Å². The minimum Gasteiger partial charge on any atom is -0.457 e. The molecule has 0 spiro atoms. The Kier molecular flexibility index (Phi) is 8.34. The second-order valence-electron chi connectivity index (χ2n) is 7.88. The van der Waals surface area contributed by atoms with Crippen molar-refractivity contribution in [2.45, 2.75) is 39.8 Å². The molecular formula is C26H28N4O4. The van der Waals surface area contributed by atoms with Gasteiger partial charge in [0.2, 0.25) is 0 Å². The normalized spacial score (nSPS) is 10.5. The molecule has 0 saturated carbocycles. The summed E-state index contributed by atoms with van der Waals surface area (Å²) in [6.07, 6.45) is 1.92. The summed E-state index contributed by atoms with van der Waals surface area (Å²) in [6.45, 7) is 5.82. The van der Waals surface area contributed by atoms with Crippen LogP contribution in [0.1, 0.15) is 53.6 Å². The summed E-state index contributed by atoms with van der Waals surface area (Å²) in [5, 5.41) is 8.33. The molecule has 0 atom stereocenters. The Morgan fingerprint density at radius 3 is 2.41 bits per heavy atom. The van der Waals surface area contributed by atoms with Gasteiger partial charge in [0.1, 0.15) is 17.2 Å². The standard InChI is InChI=1S/C26H28N4O4/c1-4-24(31)23-15-20(13-14-27-23)34-19-11-9-18(10-12-19)16-28-26(33)30-22-8-6-5-7-21(22)25(32)29-17(2)3/h5-15,17H,4,16H2,1-3H3,(H,29,32)(H2,28,30,33). The number of ketones is 1. The van der Waals surface area contributed by atoms with Gasteiger partial charge in [-0.1, -0.05) is 31.2 Å². The molecule has 0 bridgehead atoms. The summed E-state index contributed by atoms with van der Waals surface area (Å²) in [5.74, 6) is 0.826. The molecule has 2 aromatic carbocycles. The molecule has 34 heavy (non-hydrogen) atoms. The van der Waals surface area contributed by atoms with Crippen LogP contribution in [0, 0.1) is 0 Å². The van der Waals surface area contributed by atoms with Crippen molar-refractivity contribution in [3.05, 3.63) is 83.7 Å². The highest BCUT2D eigenvalue weighted by atomic mass is 16.5. The first kappa shape index (κ1) is 24.4. The molecule has 0 unspecified atom stereocenters. The maximum atomic E-state index is 12.4. The second kappa shape index (κ2) is 11.6. The molecule has 8 heteroatoms. The average Bonchev–Trinajstić information content (AvgIpc) is 2.83. The zero-order chi connectivity index (χ0) is 24.5. The number of para-hydroxylation sites is 1. The lowest BCUT2D eigenvalue weighted by Crippen LogP contribution is -2.32. The molecule has 176 valence electrons. The zero-order valence-corrected chi connectivity index (χ0v) is 19.4. The van der Waals surface area contributed by atoms with Gasteiger partial charge >= 0.3 is 6.03 Å². The van der Waals surface area contributed by atoms with Crippen molar-refractivity contribution < 1.29 is 19.1 Å². The maximum Gasteiger partial charge on any atom is 0.319 e. The average molecular weight is 461 g/mol. The number of rotatable bonds is 9. The Labute approximate surface area is 198 Å². The van der Waals surface area contributed by atoms with Crippen LogP contribution in [0.2, 0.25) is 0 Å². The fraction of sp³-hybridized carbons (Fsp3) is 0.231. The predicted octanol–water partition coefficient (Wildman–Crippen LogP) is 4.93. The SMILES string of the molecule is CCC(=O)c1cc(Oc2ccc(CNC(=O)Nc3ccccc3C(=O)NC(C)C)cc2)ccn1. The summed E-state index contributed by atoms with van der Waals surface area (Å²) in [5.41, 5.74) is 2.06. The summed E-state index contributed by atoms with van der Waals surface area (Å²) >= 11 is 0. The fourth-order valence-electron chi connectivity index (χ4n) is 3.10. The van der Waals surface area contributed by atoms with Crippen LogP contribution in [0.4, 0.5) is 10.5 Å². The van der Waals surface area contributed by atoms with Crippen molar-refractivity contribution in [1.82, 2.24) is 15.6 Å². The molecule has 3 rings (SSSR count). The Hall–Kier alpha value is -4.20. The Morgan fingerprint density at radius 1 is 0.971 bits per heavy atom. The van der Waals surface area contributed by atoms with Gasteiger partial charge in [0.15, 0.2) is 5.78 Å². The number of amides is 3. The van der Waals surface area contributed by atoms with E-state index in [0.717, 1.165) is 5.56 Å². The first-order valence-electron chi connectivity index (χ1n) is 11.1. The van der Waals surface area contributed by atoms with Gasteiger partial charge in [-0.2, -0.15) is 0 Å². The van der Waals surface area contributed by atoms with Crippen LogP contribution in [-0.2, 0) is 6.54 Å². The van der Waals surface area contributed by atoms with Gasteiger partial charge in [0, 0.05) is 31.3 Å². The van der Waals surface area contributed by atoms with Crippen molar-refractivity contribution in [2.75, 3.05) is 5.32 Å². The Bertz CT molecular complexity index is 1160. The zero-order valence-electron chi connectivity index (χ0n) is 19.4. The van der Waals surface area contributed by atoms with Crippen LogP contribution in [-0.4, -0.2) is 28.7 Å². The molecule has 0 aliphatic rings. The third-order valence-corrected chi connectivity index (χ3v) is 4.79. The van der Waals surface area contributed by atoms with Crippen LogP contribution >= 0.6 is 0 Å². The van der Waals surface area contributed by atoms with Crippen molar-refractivity contribution >= 4 is 23.4 Å². The highest BCUT2D eigenvalue weighted by Gasteiger charge is 2.13. The first-order valence-corrected chi connectivity index (χ1v) is 11.1. The molecule has 0 saturated heterocycles. The smallest absolute Gasteiger partial charge is 0.319 e. The molecule has 1 aromatic heterocycles. The molecule has 0 aliphatic heterocycles. The van der Waals surface area contributed by atoms with Gasteiger partial charge in [-0.05, 0) is 49.7 Å². The van der Waals surface area contributed by atoms with E-state index < -0.39 is 6.03 Å². The quantitative estimate of drug-likeness (QED) is 0.393. The summed E-state index contributed by atoms with van der Waals surface area (Å²) in [6, 6.07) is 16.9. The van der Waals surface area contributed by atoms with E-state index >= 15 is 0 Å². The number of Topliss-reactive ketones (excluding diaryl/α,β-unsaturated/α-hetero) is 1. The third kappa shape index (κ3) is 6.90. The number of anilines is 1. The topological polar surface area (TPSA) is 109 Å². The number of pyridine rings is 1. The minimum absolute atomic E-state index is 0.0132. The van der Waals surface area contributed by atoms with Gasteiger partial charge in [-0.25, -0.2) is 4.79 Å². The number of carbonyl (C=O) groups excluding carboxylic acids is 3. The molecule has 0 aliphatic carbocycles. The molecule has 3 N–H and O–H groups in total. The van der Waals surface area contributed by atoms with Crippen LogP contribution in [0.3, 0.4) is 0 Å². The van der Waals surface area contributed by atoms with Gasteiger partial charge in [-0.15, -0.1) is 0 Å². The lowest BCUT2D eigenvalue weighted by molar-refractivity contribution is 0.0942. The molecule has 3 aromatic rings. The summed E-state index contributed by atoms with van der Waals surface area (Å²) < 4.78 is 5.81. The van der Waals surface area contributed by atoms with E-state index in [4.69, 9.17) is 4.74 Å². The number of ether oxygens (including phenoxy) is 1. The van der Waals surface area contributed by atoms with Crippen LogP contribution < -0.4 is 20.7 Å². The van der Waals surface area contributed by atoms with Crippen molar-refractivity contribution in [3.63, 3.8) is 0 Å². The number of nitrogens with one attached hydrogen (secondary N) is 3. The lowest BCUT2D eigenvalue weighted by atomic mass is 10.1. The van der Waals surface area contributed by atoms with Crippen LogP contribution in [0.15, 0.2) is 66.9 Å². The summed E-state index contributed by atoms with van der Waals surface area (Å²) in [4.78, 5) is 40.6. The van der Waals surface area contributed by atoms with Crippen molar-refractivity contribution in [2.24, 2.45) is 0 Å². The van der Waals surface area contributed by atoms with Gasteiger partial charge in [-0.3, -0.25) is 14.6 Å². The van der Waals surface area contributed by atoms with E-state index in [1.165, 1.54) is 0 Å². The van der Waals surface area contributed by atoms with E-state index in [1.807, 2.05) is 26.0 Å². The third-order valence-electron chi connectivity index (χ3n) is 4.79. The van der Waals surface area contributed by atoms with Crippen LogP contribution in [0.5, 0.6) is 11.5 Å². The highest BCUT2D eigenvalue weighted by molar-refractivity contribution is 6.03. The van der Waals surface area contributed by atoms with Gasteiger partial charge in [0.05, 0.1) is 11.3 Å². The second-order valence-corrected chi connectivity index (χ2v) is 7.88. The minimum atomic E-state index is -0.421. The number of carbonyl (C=O) groups is 3. The van der Waals surface area contributed by atoms with Gasteiger partial charge in [0.25, 0.3) is 5.91 Å². The number of aromatic nitrogens is 1. The Morgan fingerprint density at radius 2 is 1.71 bits per heavy atom. The Balaban J connectivity index is 1.56. The highest BCUT2D eigenvalue weighted by Crippen LogP contribution is 2.22. The molecule has 0 fully saturated rings. The summed E-state index contributed by atoms with van der Waals surface area (Å²) in [7, 11) is 0. The number of hydrogen-bond donors (Lipinski definition) is 3. The molecule has 1 heterocycles. The molecule has 8 nitrogen and oxygen atoms in total. The number of nitrogens with zero attached hydrogens (tertiary/aromatic N) is 1. The molecular weight excluding hydrogens is 432 g/mol. The van der Waals surface area contributed by atoms with E-state index in [9.17, 15) is 14.4 Å². The van der Waals surface area contributed by atoms with E-state index in [1.54, 1.807) is 61.7 Å². The van der Waals surface area contributed by atoms with Crippen molar-refractivity contribution in [3.8, 4) is 11.5 Å². The monoisotopic (exact) mass is 460 g/mol. The number of urea groups is 1.